The Morgan fingerprint density at radius 1 is 1.24 bits per heavy atom. The third-order valence-electron chi connectivity index (χ3n) is 3.54. The van der Waals surface area contributed by atoms with Crippen molar-refractivity contribution >= 4 is 11.9 Å². The number of carbonyl (C=O) groups is 2. The maximum Gasteiger partial charge on any atom is 0.326 e. The standard InChI is InChI=1S/C11H18N2O4/c14-8-5-9(11(16)17)13(6-8)10(15)7-1-3-12-4-2-7/h7-9,12,14H,1-6H2,(H,16,17)/t8?,9-/m0/s1. The molecule has 0 saturated carbocycles. The van der Waals surface area contributed by atoms with E-state index in [9.17, 15) is 14.7 Å². The van der Waals surface area contributed by atoms with E-state index < -0.39 is 18.1 Å². The summed E-state index contributed by atoms with van der Waals surface area (Å²) in [6, 6.07) is -0.854. The number of hydrogen-bond acceptors (Lipinski definition) is 4. The first kappa shape index (κ1) is 12.3. The Morgan fingerprint density at radius 3 is 2.47 bits per heavy atom. The molecule has 2 rings (SSSR count). The number of nitrogens with one attached hydrogen (secondary N) is 1. The molecule has 6 nitrogen and oxygen atoms in total. The Kier molecular flexibility index (Phi) is 3.63. The van der Waals surface area contributed by atoms with Gasteiger partial charge in [-0.05, 0) is 25.9 Å². The number of aliphatic carboxylic acids is 1. The highest BCUT2D eigenvalue weighted by atomic mass is 16.4. The number of hydrogen-bond donors (Lipinski definition) is 3. The van der Waals surface area contributed by atoms with Gasteiger partial charge in [0, 0.05) is 18.9 Å². The van der Waals surface area contributed by atoms with Gasteiger partial charge in [-0.1, -0.05) is 0 Å². The molecule has 6 heteroatoms. The van der Waals surface area contributed by atoms with Crippen molar-refractivity contribution < 1.29 is 19.8 Å². The Morgan fingerprint density at radius 2 is 1.88 bits per heavy atom. The molecule has 0 aliphatic carbocycles. The smallest absolute Gasteiger partial charge is 0.326 e. The minimum Gasteiger partial charge on any atom is -0.480 e. The largest absolute Gasteiger partial charge is 0.480 e. The van der Waals surface area contributed by atoms with Crippen LogP contribution < -0.4 is 5.32 Å². The summed E-state index contributed by atoms with van der Waals surface area (Å²) in [6.45, 7) is 1.74. The van der Waals surface area contributed by atoms with Gasteiger partial charge in [0.05, 0.1) is 6.10 Å². The molecule has 0 aromatic heterocycles. The fraction of sp³-hybridized carbons (Fsp3) is 0.818. The number of carbonyl (C=O) groups excluding carboxylic acids is 1. The molecule has 0 spiro atoms. The normalized spacial score (nSPS) is 30.5. The molecule has 17 heavy (non-hydrogen) atoms. The van der Waals surface area contributed by atoms with Gasteiger partial charge in [-0.2, -0.15) is 0 Å². The third-order valence-corrected chi connectivity index (χ3v) is 3.54. The van der Waals surface area contributed by atoms with Gasteiger partial charge >= 0.3 is 5.97 Å². The van der Waals surface area contributed by atoms with Crippen molar-refractivity contribution in [3.8, 4) is 0 Å². The molecule has 1 amide bonds. The third kappa shape index (κ3) is 2.58. The number of aliphatic hydroxyl groups excluding tert-OH is 1. The molecule has 0 aromatic rings. The summed E-state index contributed by atoms with van der Waals surface area (Å²) >= 11 is 0. The molecular weight excluding hydrogens is 224 g/mol. The van der Waals surface area contributed by atoms with Gasteiger partial charge in [-0.3, -0.25) is 4.79 Å². The van der Waals surface area contributed by atoms with E-state index in [1.165, 1.54) is 4.90 Å². The van der Waals surface area contributed by atoms with Crippen LogP contribution in [0.15, 0.2) is 0 Å². The zero-order chi connectivity index (χ0) is 12.4. The molecule has 2 atom stereocenters. The average molecular weight is 242 g/mol. The molecule has 2 fully saturated rings. The highest BCUT2D eigenvalue weighted by molar-refractivity contribution is 5.86. The first-order valence-electron chi connectivity index (χ1n) is 6.01. The number of β-amino-alcohol motifs (C(OH)–C–C–N with tert-alkyl or cyclic N) is 1. The number of likely N-dealkylation sites (tertiary alicyclic amines) is 1. The summed E-state index contributed by atoms with van der Waals surface area (Å²) in [5.74, 6) is -1.23. The molecule has 96 valence electrons. The Bertz CT molecular complexity index is 315. The van der Waals surface area contributed by atoms with Crippen LogP contribution in [0.3, 0.4) is 0 Å². The van der Waals surface area contributed by atoms with Gasteiger partial charge < -0.3 is 20.4 Å². The van der Waals surface area contributed by atoms with E-state index in [0.29, 0.717) is 0 Å². The SMILES string of the molecule is O=C(O)[C@@H]1CC(O)CN1C(=O)C1CCNCC1. The molecule has 2 heterocycles. The van der Waals surface area contributed by atoms with E-state index in [2.05, 4.69) is 5.32 Å². The first-order chi connectivity index (χ1) is 8.09. The lowest BCUT2D eigenvalue weighted by atomic mass is 9.96. The Balaban J connectivity index is 2.04. The summed E-state index contributed by atoms with van der Waals surface area (Å²) in [6.07, 6.45) is 0.934. The van der Waals surface area contributed by atoms with E-state index in [-0.39, 0.29) is 24.8 Å². The van der Waals surface area contributed by atoms with E-state index in [0.717, 1.165) is 25.9 Å². The van der Waals surface area contributed by atoms with Gasteiger partial charge in [0.15, 0.2) is 0 Å². The molecule has 1 unspecified atom stereocenters. The molecule has 0 aromatic carbocycles. The second-order valence-electron chi connectivity index (χ2n) is 4.76. The van der Waals surface area contributed by atoms with Crippen LogP contribution in [0.4, 0.5) is 0 Å². The minimum atomic E-state index is -1.02. The number of carboxylic acid groups (broad SMARTS) is 1. The second-order valence-corrected chi connectivity index (χ2v) is 4.76. The summed E-state index contributed by atoms with van der Waals surface area (Å²) in [5.41, 5.74) is 0. The van der Waals surface area contributed by atoms with Crippen molar-refractivity contribution in [2.24, 2.45) is 5.92 Å². The van der Waals surface area contributed by atoms with Crippen LogP contribution in [0, 0.1) is 5.92 Å². The number of piperidine rings is 1. The minimum absolute atomic E-state index is 0.0941. The average Bonchev–Trinajstić information content (AvgIpc) is 2.72. The molecule has 0 radical (unpaired) electrons. The maximum atomic E-state index is 12.2. The molecule has 2 aliphatic rings. The Hall–Kier alpha value is -1.14. The lowest BCUT2D eigenvalue weighted by molar-refractivity contribution is -0.150. The first-order valence-corrected chi connectivity index (χ1v) is 6.01. The van der Waals surface area contributed by atoms with Crippen molar-refractivity contribution in [1.82, 2.24) is 10.2 Å². The Labute approximate surface area is 99.6 Å². The monoisotopic (exact) mass is 242 g/mol. The van der Waals surface area contributed by atoms with Crippen LogP contribution >= 0.6 is 0 Å². The topological polar surface area (TPSA) is 89.9 Å². The predicted octanol–water partition coefficient (Wildman–Crippen LogP) is -0.968. The van der Waals surface area contributed by atoms with Crippen molar-refractivity contribution in [1.29, 1.82) is 0 Å². The summed E-state index contributed by atoms with van der Waals surface area (Å²) in [5, 5.41) is 21.7. The van der Waals surface area contributed by atoms with Crippen LogP contribution in [0.5, 0.6) is 0 Å². The van der Waals surface area contributed by atoms with E-state index >= 15 is 0 Å². The van der Waals surface area contributed by atoms with E-state index in [1.54, 1.807) is 0 Å². The lowest BCUT2D eigenvalue weighted by Crippen LogP contribution is -2.46. The van der Waals surface area contributed by atoms with Gasteiger partial charge in [0.25, 0.3) is 0 Å². The highest BCUT2D eigenvalue weighted by Gasteiger charge is 2.41. The number of nitrogens with zero attached hydrogens (tertiary/aromatic N) is 1. The number of aliphatic hydroxyl groups is 1. The lowest BCUT2D eigenvalue weighted by Gasteiger charge is -2.29. The fourth-order valence-electron chi connectivity index (χ4n) is 2.59. The fourth-order valence-corrected chi connectivity index (χ4v) is 2.59. The van der Waals surface area contributed by atoms with Gasteiger partial charge in [0.1, 0.15) is 6.04 Å². The number of amides is 1. The molecule has 3 N–H and O–H groups in total. The van der Waals surface area contributed by atoms with Gasteiger partial charge in [-0.15, -0.1) is 0 Å². The van der Waals surface area contributed by atoms with Crippen molar-refractivity contribution in [3.63, 3.8) is 0 Å². The quantitative estimate of drug-likeness (QED) is 0.580. The molecule has 2 saturated heterocycles. The van der Waals surface area contributed by atoms with Crippen LogP contribution in [-0.2, 0) is 9.59 Å². The maximum absolute atomic E-state index is 12.2. The number of carboxylic acids is 1. The summed E-state index contributed by atoms with van der Waals surface area (Å²) < 4.78 is 0. The van der Waals surface area contributed by atoms with E-state index in [4.69, 9.17) is 5.11 Å². The predicted molar refractivity (Wildman–Crippen MR) is 59.4 cm³/mol. The van der Waals surface area contributed by atoms with Crippen LogP contribution in [0.1, 0.15) is 19.3 Å². The van der Waals surface area contributed by atoms with E-state index in [1.807, 2.05) is 0 Å². The summed E-state index contributed by atoms with van der Waals surface area (Å²) in [7, 11) is 0. The molecular formula is C11H18N2O4. The zero-order valence-corrected chi connectivity index (χ0v) is 9.63. The van der Waals surface area contributed by atoms with Crippen molar-refractivity contribution in [2.45, 2.75) is 31.4 Å². The zero-order valence-electron chi connectivity index (χ0n) is 9.63. The van der Waals surface area contributed by atoms with Crippen LogP contribution in [-0.4, -0.2) is 58.8 Å². The molecule has 2 aliphatic heterocycles. The number of rotatable bonds is 2. The van der Waals surface area contributed by atoms with Crippen molar-refractivity contribution in [2.75, 3.05) is 19.6 Å². The second kappa shape index (κ2) is 5.01. The van der Waals surface area contributed by atoms with Crippen LogP contribution in [0.25, 0.3) is 0 Å². The van der Waals surface area contributed by atoms with Gasteiger partial charge in [0.2, 0.25) is 5.91 Å². The highest BCUT2D eigenvalue weighted by Crippen LogP contribution is 2.23. The summed E-state index contributed by atoms with van der Waals surface area (Å²) in [4.78, 5) is 24.5. The van der Waals surface area contributed by atoms with Crippen LogP contribution in [0.2, 0.25) is 0 Å². The van der Waals surface area contributed by atoms with Gasteiger partial charge in [-0.25, -0.2) is 4.79 Å². The molecule has 0 bridgehead atoms. The van der Waals surface area contributed by atoms with Crippen molar-refractivity contribution in [3.05, 3.63) is 0 Å².